The van der Waals surface area contributed by atoms with Crippen molar-refractivity contribution in [2.75, 3.05) is 27.1 Å². The molecule has 2 N–H and O–H groups in total. The van der Waals surface area contributed by atoms with E-state index < -0.39 is 5.97 Å². The predicted octanol–water partition coefficient (Wildman–Crippen LogP) is 1.26. The van der Waals surface area contributed by atoms with Gasteiger partial charge in [0.05, 0.1) is 27.0 Å². The molecule has 0 bridgehead atoms. The molecule has 0 unspecified atom stereocenters. The van der Waals surface area contributed by atoms with E-state index in [9.17, 15) is 4.79 Å². The molecular weight excluding hydrogens is 262 g/mol. The number of hydrogen-bond donors (Lipinski definition) is 1. The van der Waals surface area contributed by atoms with Gasteiger partial charge in [-0.1, -0.05) is 0 Å². The Hall–Kier alpha value is -2.70. The first-order chi connectivity index (χ1) is 9.60. The molecule has 0 spiro atoms. The summed E-state index contributed by atoms with van der Waals surface area (Å²) in [6, 6.07) is 5.24. The highest BCUT2D eigenvalue weighted by Gasteiger charge is 2.17. The molecule has 0 aliphatic rings. The molecule has 0 saturated heterocycles. The summed E-state index contributed by atoms with van der Waals surface area (Å²) in [6.07, 6.45) is 1.44. The molecule has 0 aliphatic heterocycles. The molecule has 0 fully saturated rings. The second-order valence-corrected chi connectivity index (χ2v) is 3.91. The number of imidazole rings is 1. The first-order valence-electron chi connectivity index (χ1n) is 5.75. The van der Waals surface area contributed by atoms with E-state index in [0.29, 0.717) is 17.2 Å². The van der Waals surface area contributed by atoms with Gasteiger partial charge in [-0.15, -0.1) is 0 Å². The monoisotopic (exact) mass is 277 g/mol. The number of anilines is 1. The molecule has 7 heteroatoms. The topological polar surface area (TPSA) is 88.6 Å². The highest BCUT2D eigenvalue weighted by Crippen LogP contribution is 2.27. The van der Waals surface area contributed by atoms with E-state index in [1.54, 1.807) is 37.0 Å². The Morgan fingerprint density at radius 1 is 1.15 bits per heavy atom. The van der Waals surface area contributed by atoms with E-state index in [-0.39, 0.29) is 11.5 Å². The molecule has 7 nitrogen and oxygen atoms in total. The van der Waals surface area contributed by atoms with Gasteiger partial charge in [0.25, 0.3) is 0 Å². The van der Waals surface area contributed by atoms with Crippen molar-refractivity contribution in [3.63, 3.8) is 0 Å². The van der Waals surface area contributed by atoms with Crippen LogP contribution in [-0.4, -0.2) is 36.8 Å². The normalized spacial score (nSPS) is 10.2. The lowest BCUT2D eigenvalue weighted by Crippen LogP contribution is -2.07. The molecular formula is C13H15N3O4. The minimum Gasteiger partial charge on any atom is -0.497 e. The largest absolute Gasteiger partial charge is 0.497 e. The number of carbonyl (C=O) groups excluding carboxylic acids is 1. The second kappa shape index (κ2) is 5.52. The van der Waals surface area contributed by atoms with Crippen LogP contribution in [0, 0.1) is 0 Å². The first-order valence-corrected chi connectivity index (χ1v) is 5.75. The SMILES string of the molecule is COC(=O)c1ncn(-c2cc(OC)cc(OC)c2)c1N. The Kier molecular flexibility index (Phi) is 3.79. The molecule has 2 rings (SSSR count). The molecule has 0 radical (unpaired) electrons. The molecule has 0 amide bonds. The lowest BCUT2D eigenvalue weighted by atomic mass is 10.2. The maximum absolute atomic E-state index is 11.5. The summed E-state index contributed by atoms with van der Waals surface area (Å²) >= 11 is 0. The third kappa shape index (κ3) is 2.37. The molecule has 20 heavy (non-hydrogen) atoms. The van der Waals surface area contributed by atoms with Gasteiger partial charge in [-0.25, -0.2) is 9.78 Å². The van der Waals surface area contributed by atoms with Gasteiger partial charge in [0.1, 0.15) is 23.6 Å². The van der Waals surface area contributed by atoms with Crippen molar-refractivity contribution in [1.29, 1.82) is 0 Å². The standard InChI is InChI=1S/C13H15N3O4/c1-18-9-4-8(5-10(6-9)19-2)16-7-15-11(12(16)14)13(17)20-3/h4-7H,14H2,1-3H3. The summed E-state index contributed by atoms with van der Waals surface area (Å²) in [5.74, 6) is 0.808. The number of methoxy groups -OCH3 is 3. The number of rotatable bonds is 4. The third-order valence-electron chi connectivity index (χ3n) is 2.80. The third-order valence-corrected chi connectivity index (χ3v) is 2.80. The number of nitrogens with two attached hydrogens (primary N) is 1. The number of esters is 1. The van der Waals surface area contributed by atoms with Crippen molar-refractivity contribution in [2.45, 2.75) is 0 Å². The Labute approximate surface area is 115 Å². The fourth-order valence-electron chi connectivity index (χ4n) is 1.75. The minimum absolute atomic E-state index is 0.0642. The Bertz CT molecular complexity index is 614. The number of carbonyl (C=O) groups is 1. The van der Waals surface area contributed by atoms with E-state index >= 15 is 0 Å². The van der Waals surface area contributed by atoms with Crippen LogP contribution < -0.4 is 15.2 Å². The Balaban J connectivity index is 2.51. The first kappa shape index (κ1) is 13.7. The van der Waals surface area contributed by atoms with Gasteiger partial charge in [0, 0.05) is 18.2 Å². The molecule has 0 aliphatic carbocycles. The highest BCUT2D eigenvalue weighted by molar-refractivity contribution is 5.92. The number of nitrogens with zero attached hydrogens (tertiary/aromatic N) is 2. The Morgan fingerprint density at radius 3 is 2.25 bits per heavy atom. The number of nitrogen functional groups attached to an aromatic ring is 1. The molecule has 0 saturated carbocycles. The van der Waals surface area contributed by atoms with Crippen LogP contribution in [0.15, 0.2) is 24.5 Å². The van der Waals surface area contributed by atoms with Crippen molar-refractivity contribution in [3.05, 3.63) is 30.2 Å². The van der Waals surface area contributed by atoms with Gasteiger partial charge < -0.3 is 19.9 Å². The smallest absolute Gasteiger partial charge is 0.360 e. The van der Waals surface area contributed by atoms with Gasteiger partial charge in [-0.2, -0.15) is 0 Å². The average molecular weight is 277 g/mol. The van der Waals surface area contributed by atoms with Crippen LogP contribution >= 0.6 is 0 Å². The van der Waals surface area contributed by atoms with Crippen LogP contribution in [0.1, 0.15) is 10.5 Å². The molecule has 1 aromatic carbocycles. The van der Waals surface area contributed by atoms with E-state index in [0.717, 1.165) is 0 Å². The van der Waals surface area contributed by atoms with Gasteiger partial charge in [0.2, 0.25) is 0 Å². The van der Waals surface area contributed by atoms with E-state index in [2.05, 4.69) is 9.72 Å². The second-order valence-electron chi connectivity index (χ2n) is 3.91. The van der Waals surface area contributed by atoms with Crippen LogP contribution in [0.25, 0.3) is 5.69 Å². The number of ether oxygens (including phenoxy) is 3. The predicted molar refractivity (Wildman–Crippen MR) is 72.4 cm³/mol. The zero-order valence-corrected chi connectivity index (χ0v) is 11.4. The molecule has 106 valence electrons. The maximum atomic E-state index is 11.5. The zero-order chi connectivity index (χ0) is 14.7. The van der Waals surface area contributed by atoms with Crippen LogP contribution in [0.3, 0.4) is 0 Å². The van der Waals surface area contributed by atoms with Gasteiger partial charge in [0.15, 0.2) is 5.69 Å². The fourth-order valence-corrected chi connectivity index (χ4v) is 1.75. The number of aromatic nitrogens is 2. The van der Waals surface area contributed by atoms with E-state index in [1.165, 1.54) is 13.4 Å². The lowest BCUT2D eigenvalue weighted by molar-refractivity contribution is 0.0596. The Morgan fingerprint density at radius 2 is 1.75 bits per heavy atom. The van der Waals surface area contributed by atoms with Crippen LogP contribution in [0.2, 0.25) is 0 Å². The number of hydrogen-bond acceptors (Lipinski definition) is 6. The van der Waals surface area contributed by atoms with Crippen LogP contribution in [0.5, 0.6) is 11.5 Å². The summed E-state index contributed by atoms with van der Waals surface area (Å²) < 4.78 is 16.5. The van der Waals surface area contributed by atoms with Gasteiger partial charge in [-0.3, -0.25) is 4.57 Å². The van der Waals surface area contributed by atoms with Crippen LogP contribution in [0.4, 0.5) is 5.82 Å². The highest BCUT2D eigenvalue weighted by atomic mass is 16.5. The summed E-state index contributed by atoms with van der Waals surface area (Å²) in [7, 11) is 4.38. The fraction of sp³-hybridized carbons (Fsp3) is 0.231. The summed E-state index contributed by atoms with van der Waals surface area (Å²) in [5.41, 5.74) is 6.64. The molecule has 1 aromatic heterocycles. The molecule has 2 aromatic rings. The van der Waals surface area contributed by atoms with Gasteiger partial charge >= 0.3 is 5.97 Å². The summed E-state index contributed by atoms with van der Waals surface area (Å²) in [4.78, 5) is 15.5. The van der Waals surface area contributed by atoms with Crippen LogP contribution in [-0.2, 0) is 4.74 Å². The summed E-state index contributed by atoms with van der Waals surface area (Å²) in [6.45, 7) is 0. The minimum atomic E-state index is -0.587. The molecule has 1 heterocycles. The van der Waals surface area contributed by atoms with Gasteiger partial charge in [-0.05, 0) is 0 Å². The van der Waals surface area contributed by atoms with E-state index in [4.69, 9.17) is 15.2 Å². The van der Waals surface area contributed by atoms with Crippen molar-refractivity contribution in [1.82, 2.24) is 9.55 Å². The molecule has 0 atom stereocenters. The maximum Gasteiger partial charge on any atom is 0.360 e. The van der Waals surface area contributed by atoms with Crippen molar-refractivity contribution in [3.8, 4) is 17.2 Å². The average Bonchev–Trinajstić information content (AvgIpc) is 2.87. The van der Waals surface area contributed by atoms with Crippen molar-refractivity contribution in [2.24, 2.45) is 0 Å². The van der Waals surface area contributed by atoms with E-state index in [1.807, 2.05) is 0 Å². The summed E-state index contributed by atoms with van der Waals surface area (Å²) in [5, 5.41) is 0. The quantitative estimate of drug-likeness (QED) is 0.846. The number of benzene rings is 1. The zero-order valence-electron chi connectivity index (χ0n) is 11.4. The van der Waals surface area contributed by atoms with Crippen molar-refractivity contribution >= 4 is 11.8 Å². The lowest BCUT2D eigenvalue weighted by Gasteiger charge is -2.10. The van der Waals surface area contributed by atoms with Crippen molar-refractivity contribution < 1.29 is 19.0 Å².